The summed E-state index contributed by atoms with van der Waals surface area (Å²) in [6.07, 6.45) is 11.2. The lowest BCUT2D eigenvalue weighted by Crippen LogP contribution is -2.54. The maximum atomic E-state index is 4.00. The third kappa shape index (κ3) is 3.57. The number of hydrogen-bond donors (Lipinski definition) is 1. The van der Waals surface area contributed by atoms with Crippen molar-refractivity contribution in [3.8, 4) is 0 Å². The topological polar surface area (TPSA) is 15.3 Å². The molecular formula is C18H36N2. The molecule has 2 fully saturated rings. The highest BCUT2D eigenvalue weighted by Crippen LogP contribution is 2.39. The molecular weight excluding hydrogens is 244 g/mol. The Hall–Kier alpha value is -0.0800. The molecule has 0 bridgehead atoms. The zero-order valence-electron chi connectivity index (χ0n) is 14.5. The highest BCUT2D eigenvalue weighted by atomic mass is 15.2. The van der Waals surface area contributed by atoms with Crippen LogP contribution in [-0.4, -0.2) is 37.1 Å². The second kappa shape index (κ2) is 6.36. The molecule has 2 nitrogen and oxygen atoms in total. The largest absolute Gasteiger partial charge is 0.312 e. The van der Waals surface area contributed by atoms with Crippen molar-refractivity contribution in [1.82, 2.24) is 10.2 Å². The Balaban J connectivity index is 1.97. The van der Waals surface area contributed by atoms with Crippen LogP contribution in [0, 0.1) is 11.3 Å². The van der Waals surface area contributed by atoms with Gasteiger partial charge in [-0.05, 0) is 51.1 Å². The van der Waals surface area contributed by atoms with E-state index in [1.807, 2.05) is 0 Å². The highest BCUT2D eigenvalue weighted by Gasteiger charge is 2.39. The summed E-state index contributed by atoms with van der Waals surface area (Å²) >= 11 is 0. The van der Waals surface area contributed by atoms with E-state index in [-0.39, 0.29) is 0 Å². The zero-order chi connectivity index (χ0) is 14.8. The number of nitrogens with one attached hydrogen (secondary N) is 1. The van der Waals surface area contributed by atoms with Crippen LogP contribution in [0.1, 0.15) is 72.1 Å². The van der Waals surface area contributed by atoms with Gasteiger partial charge in [-0.1, -0.05) is 46.5 Å². The van der Waals surface area contributed by atoms with Gasteiger partial charge in [0.05, 0.1) is 0 Å². The maximum Gasteiger partial charge on any atom is 0.0327 e. The molecule has 2 unspecified atom stereocenters. The van der Waals surface area contributed by atoms with Gasteiger partial charge in [-0.15, -0.1) is 0 Å². The van der Waals surface area contributed by atoms with Crippen molar-refractivity contribution in [2.75, 3.05) is 20.6 Å². The van der Waals surface area contributed by atoms with E-state index in [2.05, 4.69) is 45.1 Å². The molecule has 0 aromatic rings. The van der Waals surface area contributed by atoms with E-state index < -0.39 is 0 Å². The van der Waals surface area contributed by atoms with Gasteiger partial charge in [0, 0.05) is 18.1 Å². The van der Waals surface area contributed by atoms with Gasteiger partial charge in [-0.2, -0.15) is 0 Å². The van der Waals surface area contributed by atoms with E-state index in [1.165, 1.54) is 57.9 Å². The molecule has 2 rings (SSSR count). The molecule has 1 N–H and O–H groups in total. The monoisotopic (exact) mass is 280 g/mol. The second-order valence-electron chi connectivity index (χ2n) is 8.57. The molecule has 2 saturated carbocycles. The van der Waals surface area contributed by atoms with E-state index >= 15 is 0 Å². The van der Waals surface area contributed by atoms with Gasteiger partial charge < -0.3 is 10.2 Å². The van der Waals surface area contributed by atoms with Crippen molar-refractivity contribution < 1.29 is 0 Å². The van der Waals surface area contributed by atoms with Crippen molar-refractivity contribution in [1.29, 1.82) is 0 Å². The van der Waals surface area contributed by atoms with Crippen molar-refractivity contribution in [3.05, 3.63) is 0 Å². The fourth-order valence-electron chi connectivity index (χ4n) is 4.55. The Morgan fingerprint density at radius 3 is 2.15 bits per heavy atom. The van der Waals surface area contributed by atoms with Gasteiger partial charge in [0.25, 0.3) is 0 Å². The average Bonchev–Trinajstić information content (AvgIpc) is 2.86. The molecule has 0 amide bonds. The molecule has 0 spiro atoms. The Bertz CT molecular complexity index is 297. The Morgan fingerprint density at radius 1 is 1.00 bits per heavy atom. The zero-order valence-corrected chi connectivity index (χ0v) is 14.5. The van der Waals surface area contributed by atoms with E-state index in [4.69, 9.17) is 0 Å². The molecule has 118 valence electrons. The molecule has 0 aromatic carbocycles. The first-order valence-electron chi connectivity index (χ1n) is 8.76. The molecule has 0 radical (unpaired) electrons. The highest BCUT2D eigenvalue weighted by molar-refractivity contribution is 4.97. The van der Waals surface area contributed by atoms with Gasteiger partial charge in [-0.3, -0.25) is 0 Å². The Kier molecular flexibility index (Phi) is 5.18. The minimum absolute atomic E-state index is 0.430. The SMILES string of the molecule is CN(C)C1(CNC2CCCCC2C(C)(C)C)CCCC1. The lowest BCUT2D eigenvalue weighted by atomic mass is 9.69. The average molecular weight is 280 g/mol. The molecule has 0 aromatic heterocycles. The van der Waals surface area contributed by atoms with E-state index in [0.29, 0.717) is 11.0 Å². The molecule has 2 atom stereocenters. The second-order valence-corrected chi connectivity index (χ2v) is 8.57. The lowest BCUT2D eigenvalue weighted by molar-refractivity contribution is 0.101. The first-order valence-corrected chi connectivity index (χ1v) is 8.76. The lowest BCUT2D eigenvalue weighted by Gasteiger charge is -2.44. The Labute approximate surface area is 126 Å². The number of likely N-dealkylation sites (N-methyl/N-ethyl adjacent to an activating group) is 1. The summed E-state index contributed by atoms with van der Waals surface area (Å²) in [7, 11) is 4.55. The maximum absolute atomic E-state index is 4.00. The summed E-state index contributed by atoms with van der Waals surface area (Å²) < 4.78 is 0. The third-order valence-corrected chi connectivity index (χ3v) is 6.05. The van der Waals surface area contributed by atoms with Crippen LogP contribution >= 0.6 is 0 Å². The van der Waals surface area contributed by atoms with Crippen molar-refractivity contribution in [3.63, 3.8) is 0 Å². The van der Waals surface area contributed by atoms with Crippen LogP contribution in [-0.2, 0) is 0 Å². The quantitative estimate of drug-likeness (QED) is 0.835. The first-order chi connectivity index (χ1) is 9.35. The molecule has 2 aliphatic carbocycles. The van der Waals surface area contributed by atoms with Gasteiger partial charge in [0.2, 0.25) is 0 Å². The smallest absolute Gasteiger partial charge is 0.0327 e. The molecule has 20 heavy (non-hydrogen) atoms. The molecule has 0 heterocycles. The fourth-order valence-corrected chi connectivity index (χ4v) is 4.55. The summed E-state index contributed by atoms with van der Waals surface area (Å²) in [5, 5.41) is 4.00. The van der Waals surface area contributed by atoms with Crippen molar-refractivity contribution >= 4 is 0 Å². The minimum Gasteiger partial charge on any atom is -0.312 e. The molecule has 0 aliphatic heterocycles. The van der Waals surface area contributed by atoms with E-state index in [0.717, 1.165) is 12.0 Å². The van der Waals surface area contributed by atoms with Crippen LogP contribution in [0.2, 0.25) is 0 Å². The molecule has 2 aliphatic rings. The number of rotatable bonds is 4. The van der Waals surface area contributed by atoms with Gasteiger partial charge in [0.1, 0.15) is 0 Å². The molecule has 2 heteroatoms. The third-order valence-electron chi connectivity index (χ3n) is 6.05. The van der Waals surface area contributed by atoms with Gasteiger partial charge in [0.15, 0.2) is 0 Å². The first kappa shape index (κ1) is 16.3. The minimum atomic E-state index is 0.430. The van der Waals surface area contributed by atoms with Crippen LogP contribution < -0.4 is 5.32 Å². The van der Waals surface area contributed by atoms with Crippen LogP contribution in [0.3, 0.4) is 0 Å². The number of hydrogen-bond acceptors (Lipinski definition) is 2. The summed E-state index contributed by atoms with van der Waals surface area (Å²) in [5.74, 6) is 0.844. The van der Waals surface area contributed by atoms with Crippen LogP contribution in [0.5, 0.6) is 0 Å². The summed E-state index contributed by atoms with van der Waals surface area (Å²) in [6.45, 7) is 8.47. The normalized spacial score (nSPS) is 30.9. The van der Waals surface area contributed by atoms with Crippen LogP contribution in [0.15, 0.2) is 0 Å². The molecule has 0 saturated heterocycles. The predicted octanol–water partition coefficient (Wildman–Crippen LogP) is 4.06. The van der Waals surface area contributed by atoms with E-state index in [1.54, 1.807) is 0 Å². The van der Waals surface area contributed by atoms with Crippen molar-refractivity contribution in [2.24, 2.45) is 11.3 Å². The van der Waals surface area contributed by atoms with Crippen LogP contribution in [0.4, 0.5) is 0 Å². The van der Waals surface area contributed by atoms with Crippen LogP contribution in [0.25, 0.3) is 0 Å². The Morgan fingerprint density at radius 2 is 1.60 bits per heavy atom. The predicted molar refractivity (Wildman–Crippen MR) is 88.1 cm³/mol. The number of nitrogens with zero attached hydrogens (tertiary/aromatic N) is 1. The summed E-state index contributed by atoms with van der Waals surface area (Å²) in [6, 6.07) is 0.737. The standard InChI is InChI=1S/C18H36N2/c1-17(2,3)15-10-6-7-11-16(15)19-14-18(20(4)5)12-8-9-13-18/h15-16,19H,6-14H2,1-5H3. The van der Waals surface area contributed by atoms with Gasteiger partial charge >= 0.3 is 0 Å². The summed E-state index contributed by atoms with van der Waals surface area (Å²) in [5.41, 5.74) is 0.874. The fraction of sp³-hybridized carbons (Fsp3) is 1.00. The van der Waals surface area contributed by atoms with Gasteiger partial charge in [-0.25, -0.2) is 0 Å². The van der Waals surface area contributed by atoms with E-state index in [9.17, 15) is 0 Å². The van der Waals surface area contributed by atoms with Crippen molar-refractivity contribution in [2.45, 2.75) is 83.7 Å². The summed E-state index contributed by atoms with van der Waals surface area (Å²) in [4.78, 5) is 2.49.